The van der Waals surface area contributed by atoms with E-state index in [4.69, 9.17) is 0 Å². The van der Waals surface area contributed by atoms with Crippen molar-refractivity contribution in [2.24, 2.45) is 0 Å². The SMILES string of the molecule is O=Cc1ccc(O)c(C(=O)NCCCn2cc(CCCn3c4ccccc4c(=O)c4ccccc43)nn2)c1. The summed E-state index contributed by atoms with van der Waals surface area (Å²) >= 11 is 0. The molecule has 0 bridgehead atoms. The second kappa shape index (κ2) is 11.1. The van der Waals surface area contributed by atoms with Gasteiger partial charge in [0.1, 0.15) is 12.0 Å². The Morgan fingerprint density at radius 3 is 2.37 bits per heavy atom. The first kappa shape index (κ1) is 24.9. The number of carbonyl (C=O) groups is 2. The molecule has 0 aliphatic rings. The van der Waals surface area contributed by atoms with Gasteiger partial charge < -0.3 is 15.0 Å². The van der Waals surface area contributed by atoms with Crippen molar-refractivity contribution >= 4 is 34.0 Å². The highest BCUT2D eigenvalue weighted by atomic mass is 16.3. The fourth-order valence-corrected chi connectivity index (χ4v) is 4.65. The van der Waals surface area contributed by atoms with Gasteiger partial charge in [0.2, 0.25) is 0 Å². The third-order valence-corrected chi connectivity index (χ3v) is 6.53. The molecule has 38 heavy (non-hydrogen) atoms. The molecule has 192 valence electrons. The quantitative estimate of drug-likeness (QED) is 0.168. The van der Waals surface area contributed by atoms with Crippen LogP contribution >= 0.6 is 0 Å². The van der Waals surface area contributed by atoms with E-state index in [-0.39, 0.29) is 16.7 Å². The maximum Gasteiger partial charge on any atom is 0.255 e. The van der Waals surface area contributed by atoms with Crippen LogP contribution in [-0.4, -0.2) is 43.4 Å². The van der Waals surface area contributed by atoms with Crippen LogP contribution in [0.5, 0.6) is 5.75 Å². The maximum absolute atomic E-state index is 12.9. The average molecular weight is 510 g/mol. The smallest absolute Gasteiger partial charge is 0.255 e. The molecule has 9 heteroatoms. The maximum atomic E-state index is 12.9. The lowest BCUT2D eigenvalue weighted by Crippen LogP contribution is -2.25. The Balaban J connectivity index is 1.16. The van der Waals surface area contributed by atoms with E-state index in [1.54, 1.807) is 4.68 Å². The Hall–Kier alpha value is -4.79. The first-order valence-electron chi connectivity index (χ1n) is 12.5. The molecule has 0 unspecified atom stereocenters. The molecule has 0 radical (unpaired) electrons. The minimum Gasteiger partial charge on any atom is -0.507 e. The van der Waals surface area contributed by atoms with Crippen LogP contribution in [0.25, 0.3) is 21.8 Å². The highest BCUT2D eigenvalue weighted by molar-refractivity contribution is 5.98. The molecule has 9 nitrogen and oxygen atoms in total. The second-order valence-electron chi connectivity index (χ2n) is 9.10. The second-order valence-corrected chi connectivity index (χ2v) is 9.10. The molecule has 0 saturated carbocycles. The van der Waals surface area contributed by atoms with Crippen LogP contribution in [0.15, 0.2) is 77.7 Å². The average Bonchev–Trinajstić information content (AvgIpc) is 3.40. The predicted molar refractivity (Wildman–Crippen MR) is 145 cm³/mol. The Bertz CT molecular complexity index is 1630. The Morgan fingerprint density at radius 1 is 0.947 bits per heavy atom. The van der Waals surface area contributed by atoms with Crippen molar-refractivity contribution in [3.05, 3.63) is 100.0 Å². The number of pyridine rings is 1. The zero-order chi connectivity index (χ0) is 26.5. The molecule has 1 amide bonds. The number of aromatic hydroxyl groups is 1. The minimum atomic E-state index is -0.437. The molecule has 2 N–H and O–H groups in total. The van der Waals surface area contributed by atoms with E-state index in [2.05, 4.69) is 20.2 Å². The van der Waals surface area contributed by atoms with E-state index >= 15 is 0 Å². The van der Waals surface area contributed by atoms with Gasteiger partial charge in [-0.15, -0.1) is 5.10 Å². The van der Waals surface area contributed by atoms with E-state index in [0.29, 0.717) is 31.4 Å². The summed E-state index contributed by atoms with van der Waals surface area (Å²) < 4.78 is 3.94. The lowest BCUT2D eigenvalue weighted by molar-refractivity contribution is 0.0950. The highest BCUT2D eigenvalue weighted by Gasteiger charge is 2.12. The number of aldehydes is 1. The third kappa shape index (κ3) is 5.17. The zero-order valence-electron chi connectivity index (χ0n) is 20.7. The molecular formula is C29H27N5O4. The number of aromatic nitrogens is 4. The zero-order valence-corrected chi connectivity index (χ0v) is 20.7. The topological polar surface area (TPSA) is 119 Å². The summed E-state index contributed by atoms with van der Waals surface area (Å²) in [7, 11) is 0. The number of para-hydroxylation sites is 2. The van der Waals surface area contributed by atoms with Crippen LogP contribution in [0, 0.1) is 0 Å². The summed E-state index contributed by atoms with van der Waals surface area (Å²) in [5.41, 5.74) is 3.17. The van der Waals surface area contributed by atoms with E-state index in [1.165, 1.54) is 18.2 Å². The van der Waals surface area contributed by atoms with Gasteiger partial charge in [-0.25, -0.2) is 0 Å². The minimum absolute atomic E-state index is 0.0536. The Labute approximate surface area is 218 Å². The molecular weight excluding hydrogens is 482 g/mol. The molecule has 0 aliphatic carbocycles. The first-order chi connectivity index (χ1) is 18.5. The lowest BCUT2D eigenvalue weighted by Gasteiger charge is -2.14. The number of hydrogen-bond donors (Lipinski definition) is 2. The van der Waals surface area contributed by atoms with Gasteiger partial charge >= 0.3 is 0 Å². The van der Waals surface area contributed by atoms with Gasteiger partial charge in [-0.2, -0.15) is 0 Å². The number of nitrogens with zero attached hydrogens (tertiary/aromatic N) is 4. The number of rotatable bonds is 10. The normalized spacial score (nSPS) is 11.2. The van der Waals surface area contributed by atoms with Gasteiger partial charge in [-0.05, 0) is 61.7 Å². The van der Waals surface area contributed by atoms with E-state index in [9.17, 15) is 19.5 Å². The van der Waals surface area contributed by atoms with Gasteiger partial charge in [0.25, 0.3) is 5.91 Å². The molecule has 3 aromatic carbocycles. The number of aryl methyl sites for hydroxylation is 3. The fourth-order valence-electron chi connectivity index (χ4n) is 4.65. The van der Waals surface area contributed by atoms with Crippen LogP contribution in [0.2, 0.25) is 0 Å². The van der Waals surface area contributed by atoms with Crippen LogP contribution in [0.3, 0.4) is 0 Å². The summed E-state index contributed by atoms with van der Waals surface area (Å²) in [4.78, 5) is 36.2. The van der Waals surface area contributed by atoms with Crippen LogP contribution in [0.1, 0.15) is 39.3 Å². The van der Waals surface area contributed by atoms with Crippen molar-refractivity contribution in [3.8, 4) is 5.75 Å². The number of hydrogen-bond acceptors (Lipinski definition) is 6. The number of fused-ring (bicyclic) bond motifs is 2. The lowest BCUT2D eigenvalue weighted by atomic mass is 10.1. The summed E-state index contributed by atoms with van der Waals surface area (Å²) in [6.45, 7) is 1.69. The summed E-state index contributed by atoms with van der Waals surface area (Å²) in [5.74, 6) is -0.606. The summed E-state index contributed by atoms with van der Waals surface area (Å²) in [5, 5.41) is 22.5. The molecule has 0 spiro atoms. The van der Waals surface area contributed by atoms with Crippen LogP contribution in [0.4, 0.5) is 0 Å². The van der Waals surface area contributed by atoms with Gasteiger partial charge in [0.05, 0.1) is 22.3 Å². The highest BCUT2D eigenvalue weighted by Crippen LogP contribution is 2.20. The fraction of sp³-hybridized carbons (Fsp3) is 0.207. The van der Waals surface area contributed by atoms with Gasteiger partial charge in [0.15, 0.2) is 5.43 Å². The number of phenolic OH excluding ortho intramolecular Hbond substituents is 1. The van der Waals surface area contributed by atoms with Gasteiger partial charge in [-0.3, -0.25) is 19.1 Å². The molecule has 5 aromatic rings. The monoisotopic (exact) mass is 509 g/mol. The van der Waals surface area contributed by atoms with Gasteiger partial charge in [-0.1, -0.05) is 29.5 Å². The van der Waals surface area contributed by atoms with Crippen molar-refractivity contribution in [2.75, 3.05) is 6.54 Å². The Kier molecular flexibility index (Phi) is 7.26. The van der Waals surface area contributed by atoms with E-state index in [0.717, 1.165) is 46.9 Å². The summed E-state index contributed by atoms with van der Waals surface area (Å²) in [6.07, 6.45) is 4.72. The van der Waals surface area contributed by atoms with Crippen LogP contribution < -0.4 is 10.7 Å². The van der Waals surface area contributed by atoms with Crippen LogP contribution in [-0.2, 0) is 19.5 Å². The largest absolute Gasteiger partial charge is 0.507 e. The molecule has 0 atom stereocenters. The number of carbonyl (C=O) groups excluding carboxylic acids is 2. The molecule has 2 aromatic heterocycles. The van der Waals surface area contributed by atoms with Gasteiger partial charge in [0, 0.05) is 42.2 Å². The number of phenols is 1. The van der Waals surface area contributed by atoms with Crippen molar-refractivity contribution in [1.29, 1.82) is 0 Å². The molecule has 0 aliphatic heterocycles. The van der Waals surface area contributed by atoms with E-state index in [1.807, 2.05) is 54.7 Å². The van der Waals surface area contributed by atoms with Crippen molar-refractivity contribution < 1.29 is 14.7 Å². The number of benzene rings is 3. The van der Waals surface area contributed by atoms with Crippen molar-refractivity contribution in [3.63, 3.8) is 0 Å². The number of nitrogens with one attached hydrogen (secondary N) is 1. The standard InChI is InChI=1S/C29H27N5O4/c35-19-20-12-13-27(36)24(17-20)29(38)30-14-6-15-33-18-21(31-32-33)7-5-16-34-25-10-3-1-8-22(25)28(37)23-9-2-4-11-26(23)34/h1-4,8-13,17-19,36H,5-7,14-16H2,(H,30,38). The number of amides is 1. The summed E-state index contributed by atoms with van der Waals surface area (Å²) in [6, 6.07) is 19.5. The Morgan fingerprint density at radius 2 is 1.66 bits per heavy atom. The van der Waals surface area contributed by atoms with Crippen molar-refractivity contribution in [2.45, 2.75) is 32.4 Å². The molecule has 5 rings (SSSR count). The molecule has 0 saturated heterocycles. The van der Waals surface area contributed by atoms with Crippen molar-refractivity contribution in [1.82, 2.24) is 24.9 Å². The van der Waals surface area contributed by atoms with E-state index < -0.39 is 5.91 Å². The molecule has 0 fully saturated rings. The molecule has 2 heterocycles. The first-order valence-corrected chi connectivity index (χ1v) is 12.5. The third-order valence-electron chi connectivity index (χ3n) is 6.53. The predicted octanol–water partition coefficient (Wildman–Crippen LogP) is 3.72.